The van der Waals surface area contributed by atoms with Crippen molar-refractivity contribution in [3.63, 3.8) is 0 Å². The average Bonchev–Trinajstić information content (AvgIpc) is 2.95. The van der Waals surface area contributed by atoms with E-state index in [-0.39, 0.29) is 12.5 Å². The average molecular weight is 350 g/mol. The zero-order chi connectivity index (χ0) is 17.2. The molecule has 2 heterocycles. The minimum atomic E-state index is -1.17. The number of benzene rings is 1. The van der Waals surface area contributed by atoms with Crippen LogP contribution in [-0.4, -0.2) is 45.7 Å². The number of carbonyl (C=O) groups excluding carboxylic acids is 1. The number of rotatable bonds is 4. The Morgan fingerprint density at radius 2 is 2.08 bits per heavy atom. The number of likely N-dealkylation sites (tertiary alicyclic amines) is 1. The fraction of sp³-hybridized carbons (Fsp3) is 0.438. The first-order valence-electron chi connectivity index (χ1n) is 7.76. The van der Waals surface area contributed by atoms with Crippen LogP contribution in [0.2, 0.25) is 0 Å². The van der Waals surface area contributed by atoms with Crippen molar-refractivity contribution < 1.29 is 14.3 Å². The van der Waals surface area contributed by atoms with E-state index in [1.54, 1.807) is 18.2 Å². The highest BCUT2D eigenvalue weighted by Crippen LogP contribution is 2.34. The van der Waals surface area contributed by atoms with E-state index in [0.29, 0.717) is 36.6 Å². The molecule has 1 aromatic heterocycles. The van der Waals surface area contributed by atoms with Crippen molar-refractivity contribution in [3.8, 4) is 0 Å². The van der Waals surface area contributed by atoms with E-state index in [0.717, 1.165) is 5.01 Å². The molecule has 1 aliphatic rings. The third kappa shape index (κ3) is 3.77. The van der Waals surface area contributed by atoms with Crippen LogP contribution in [0.3, 0.4) is 0 Å². The summed E-state index contributed by atoms with van der Waals surface area (Å²) in [4.78, 5) is 14.0. The van der Waals surface area contributed by atoms with Crippen LogP contribution < -0.4 is 5.32 Å². The largest absolute Gasteiger partial charge is 0.385 e. The number of aryl methyl sites for hydroxylation is 1. The molecule has 128 valence electrons. The van der Waals surface area contributed by atoms with Crippen molar-refractivity contribution in [2.45, 2.75) is 25.4 Å². The van der Waals surface area contributed by atoms with Crippen LogP contribution in [0.5, 0.6) is 0 Å². The number of nitrogens with zero attached hydrogens (tertiary/aromatic N) is 3. The third-order valence-electron chi connectivity index (χ3n) is 4.20. The summed E-state index contributed by atoms with van der Waals surface area (Å²) in [5.74, 6) is -0.555. The number of piperidine rings is 1. The van der Waals surface area contributed by atoms with E-state index >= 15 is 0 Å². The van der Waals surface area contributed by atoms with Crippen molar-refractivity contribution >= 4 is 22.4 Å². The molecule has 8 heteroatoms. The first-order chi connectivity index (χ1) is 11.5. The van der Waals surface area contributed by atoms with E-state index in [1.807, 2.05) is 11.8 Å². The van der Waals surface area contributed by atoms with Gasteiger partial charge in [0.05, 0.1) is 12.1 Å². The van der Waals surface area contributed by atoms with Gasteiger partial charge >= 0.3 is 0 Å². The van der Waals surface area contributed by atoms with Gasteiger partial charge in [0, 0.05) is 18.7 Å². The second kappa shape index (κ2) is 6.92. The van der Waals surface area contributed by atoms with E-state index in [4.69, 9.17) is 0 Å². The molecule has 1 fully saturated rings. The Kier molecular flexibility index (Phi) is 4.88. The highest BCUT2D eigenvalue weighted by molar-refractivity contribution is 7.15. The number of nitrogens with one attached hydrogen (secondary N) is 1. The Morgan fingerprint density at radius 1 is 1.38 bits per heavy atom. The van der Waals surface area contributed by atoms with Gasteiger partial charge < -0.3 is 5.11 Å². The monoisotopic (exact) mass is 350 g/mol. The van der Waals surface area contributed by atoms with Gasteiger partial charge in [0.1, 0.15) is 10.8 Å². The minimum absolute atomic E-state index is 0.164. The van der Waals surface area contributed by atoms with Crippen molar-refractivity contribution in [3.05, 3.63) is 40.7 Å². The van der Waals surface area contributed by atoms with Crippen LogP contribution in [0.4, 0.5) is 9.52 Å². The molecule has 2 aromatic rings. The number of aliphatic hydroxyl groups is 1. The molecule has 6 nitrogen and oxygen atoms in total. The molecule has 24 heavy (non-hydrogen) atoms. The number of hydrogen-bond donors (Lipinski definition) is 2. The van der Waals surface area contributed by atoms with Gasteiger partial charge in [0.15, 0.2) is 0 Å². The topological polar surface area (TPSA) is 78.4 Å². The molecule has 1 amide bonds. The number of halogens is 1. The molecule has 1 aliphatic heterocycles. The molecule has 1 aromatic carbocycles. The Bertz CT molecular complexity index is 728. The summed E-state index contributed by atoms with van der Waals surface area (Å²) >= 11 is 1.32. The van der Waals surface area contributed by atoms with Crippen LogP contribution in [0.25, 0.3) is 0 Å². The third-order valence-corrected chi connectivity index (χ3v) is 4.95. The van der Waals surface area contributed by atoms with E-state index in [9.17, 15) is 14.3 Å². The normalized spacial score (nSPS) is 17.6. The lowest BCUT2D eigenvalue weighted by molar-refractivity contribution is -0.118. The smallest absolute Gasteiger partial charge is 0.240 e. The van der Waals surface area contributed by atoms with Crippen LogP contribution in [0, 0.1) is 12.7 Å². The molecule has 1 saturated heterocycles. The molecular weight excluding hydrogens is 331 g/mol. The summed E-state index contributed by atoms with van der Waals surface area (Å²) in [6.07, 6.45) is 0.776. The maximum absolute atomic E-state index is 13.9. The molecule has 0 atom stereocenters. The summed E-state index contributed by atoms with van der Waals surface area (Å²) in [6, 6.07) is 6.31. The van der Waals surface area contributed by atoms with Gasteiger partial charge in [-0.1, -0.05) is 29.5 Å². The molecule has 0 saturated carbocycles. The first-order valence-corrected chi connectivity index (χ1v) is 8.58. The molecule has 0 radical (unpaired) electrons. The van der Waals surface area contributed by atoms with Gasteiger partial charge in [-0.3, -0.25) is 15.0 Å². The second-order valence-corrected chi connectivity index (χ2v) is 7.14. The lowest BCUT2D eigenvalue weighted by atomic mass is 9.84. The lowest BCUT2D eigenvalue weighted by Crippen LogP contribution is -2.45. The quantitative estimate of drug-likeness (QED) is 0.881. The highest BCUT2D eigenvalue weighted by Gasteiger charge is 2.36. The second-order valence-electron chi connectivity index (χ2n) is 5.96. The fourth-order valence-corrected chi connectivity index (χ4v) is 3.51. The minimum Gasteiger partial charge on any atom is -0.385 e. The summed E-state index contributed by atoms with van der Waals surface area (Å²) in [5.41, 5.74) is -0.840. The summed E-state index contributed by atoms with van der Waals surface area (Å²) in [7, 11) is 0. The van der Waals surface area contributed by atoms with Crippen molar-refractivity contribution in [2.75, 3.05) is 25.0 Å². The molecule has 0 aliphatic carbocycles. The van der Waals surface area contributed by atoms with Gasteiger partial charge in [0.25, 0.3) is 0 Å². The van der Waals surface area contributed by atoms with E-state index in [2.05, 4.69) is 15.5 Å². The van der Waals surface area contributed by atoms with Gasteiger partial charge in [-0.15, -0.1) is 10.2 Å². The summed E-state index contributed by atoms with van der Waals surface area (Å²) < 4.78 is 13.9. The molecule has 0 unspecified atom stereocenters. The molecule has 3 rings (SSSR count). The molecule has 0 bridgehead atoms. The summed E-state index contributed by atoms with van der Waals surface area (Å²) in [6.45, 7) is 3.08. The van der Waals surface area contributed by atoms with Gasteiger partial charge in [-0.05, 0) is 25.8 Å². The Labute approximate surface area is 143 Å². The van der Waals surface area contributed by atoms with Gasteiger partial charge in [0.2, 0.25) is 11.0 Å². The summed E-state index contributed by atoms with van der Waals surface area (Å²) in [5, 5.41) is 22.4. The Balaban J connectivity index is 1.55. The maximum atomic E-state index is 13.9. The Hall–Kier alpha value is -1.90. The van der Waals surface area contributed by atoms with Crippen LogP contribution in [-0.2, 0) is 10.4 Å². The molecule has 0 spiro atoms. The predicted octanol–water partition coefficient (Wildman–Crippen LogP) is 1.91. The van der Waals surface area contributed by atoms with Crippen LogP contribution >= 0.6 is 11.3 Å². The van der Waals surface area contributed by atoms with Crippen molar-refractivity contribution in [2.24, 2.45) is 0 Å². The fourth-order valence-electron chi connectivity index (χ4n) is 2.90. The van der Waals surface area contributed by atoms with Crippen molar-refractivity contribution in [1.82, 2.24) is 15.1 Å². The first kappa shape index (κ1) is 16.9. The van der Waals surface area contributed by atoms with E-state index < -0.39 is 11.4 Å². The number of hydrogen-bond acceptors (Lipinski definition) is 6. The molecule has 2 N–H and O–H groups in total. The van der Waals surface area contributed by atoms with Crippen molar-refractivity contribution in [1.29, 1.82) is 0 Å². The van der Waals surface area contributed by atoms with Gasteiger partial charge in [-0.25, -0.2) is 4.39 Å². The number of aromatic nitrogens is 2. The number of carbonyl (C=O) groups is 1. The lowest BCUT2D eigenvalue weighted by Gasteiger charge is -2.38. The maximum Gasteiger partial charge on any atom is 0.240 e. The Morgan fingerprint density at radius 3 is 2.71 bits per heavy atom. The van der Waals surface area contributed by atoms with Crippen LogP contribution in [0.15, 0.2) is 24.3 Å². The number of amides is 1. The van der Waals surface area contributed by atoms with Gasteiger partial charge in [-0.2, -0.15) is 0 Å². The standard InChI is InChI=1S/C16H19FN4O2S/c1-11-19-20-15(24-11)18-14(22)10-21-8-6-16(23,7-9-21)12-4-2-3-5-13(12)17/h2-5,23H,6-10H2,1H3,(H,18,20,22). The highest BCUT2D eigenvalue weighted by atomic mass is 32.1. The zero-order valence-corrected chi connectivity index (χ0v) is 14.1. The SMILES string of the molecule is Cc1nnc(NC(=O)CN2CCC(O)(c3ccccc3F)CC2)s1. The molecular formula is C16H19FN4O2S. The van der Waals surface area contributed by atoms with E-state index in [1.165, 1.54) is 17.4 Å². The number of anilines is 1. The van der Waals surface area contributed by atoms with Crippen LogP contribution in [0.1, 0.15) is 23.4 Å². The predicted molar refractivity (Wildman–Crippen MR) is 89.2 cm³/mol. The zero-order valence-electron chi connectivity index (χ0n) is 13.3.